The highest BCUT2D eigenvalue weighted by Gasteiger charge is 2.14. The molecule has 3 aromatic heterocycles. The Bertz CT molecular complexity index is 928. The number of carbonyl (C=O) groups is 2. The maximum Gasteiger partial charge on any atom is 0.286 e. The maximum absolute atomic E-state index is 12.0. The largest absolute Gasteiger partial charge is 0.459 e. The number of hydrogen-bond donors (Lipinski definition) is 2. The summed E-state index contributed by atoms with van der Waals surface area (Å²) in [6.07, 6.45) is 1.82. The summed E-state index contributed by atoms with van der Waals surface area (Å²) in [5.41, 5.74) is 5.83. The van der Waals surface area contributed by atoms with Gasteiger partial charge in [-0.3, -0.25) is 20.4 Å². The molecule has 0 aromatic carbocycles. The van der Waals surface area contributed by atoms with Crippen LogP contribution in [0, 0.1) is 6.92 Å². The number of halogens is 1. The van der Waals surface area contributed by atoms with E-state index in [1.54, 1.807) is 29.3 Å². The summed E-state index contributed by atoms with van der Waals surface area (Å²) in [4.78, 5) is 28.4. The van der Waals surface area contributed by atoms with Crippen LogP contribution >= 0.6 is 27.3 Å². The van der Waals surface area contributed by atoms with E-state index in [-0.39, 0.29) is 12.3 Å². The van der Waals surface area contributed by atoms with E-state index >= 15 is 0 Å². The van der Waals surface area contributed by atoms with Gasteiger partial charge in [0, 0.05) is 23.1 Å². The van der Waals surface area contributed by atoms with Crippen LogP contribution in [0.1, 0.15) is 21.9 Å². The van der Waals surface area contributed by atoms with Crippen molar-refractivity contribution in [1.82, 2.24) is 20.4 Å². The highest BCUT2D eigenvalue weighted by molar-refractivity contribution is 9.10. The third kappa shape index (κ3) is 4.18. The lowest BCUT2D eigenvalue weighted by molar-refractivity contribution is -0.121. The van der Waals surface area contributed by atoms with E-state index < -0.39 is 5.91 Å². The Morgan fingerprint density at radius 3 is 2.80 bits per heavy atom. The minimum atomic E-state index is -0.397. The standard InChI is InChI=1S/C16H15BrN4O3S/c1-9-3-4-13(24-9)16-18-11(8-25-16)6-14(22)19-20-15(23)12-5-10(17)7-21(12)2/h3-5,7-8H,6H2,1-2H3,(H,19,22)(H,20,23). The molecule has 3 heterocycles. The van der Waals surface area contributed by atoms with Crippen LogP contribution in [0.4, 0.5) is 0 Å². The second-order valence-electron chi connectivity index (χ2n) is 5.39. The monoisotopic (exact) mass is 422 g/mol. The molecule has 9 heteroatoms. The molecule has 2 N–H and O–H groups in total. The van der Waals surface area contributed by atoms with Gasteiger partial charge in [0.05, 0.1) is 12.1 Å². The third-order valence-electron chi connectivity index (χ3n) is 3.36. The van der Waals surface area contributed by atoms with Gasteiger partial charge in [-0.25, -0.2) is 4.98 Å². The number of nitrogens with zero attached hydrogens (tertiary/aromatic N) is 2. The molecule has 25 heavy (non-hydrogen) atoms. The molecule has 0 aliphatic rings. The van der Waals surface area contributed by atoms with Gasteiger partial charge >= 0.3 is 0 Å². The highest BCUT2D eigenvalue weighted by Crippen LogP contribution is 2.25. The van der Waals surface area contributed by atoms with Gasteiger partial charge in [0.1, 0.15) is 11.5 Å². The van der Waals surface area contributed by atoms with Crippen molar-refractivity contribution in [2.75, 3.05) is 0 Å². The zero-order chi connectivity index (χ0) is 18.0. The first-order chi connectivity index (χ1) is 11.9. The molecule has 2 amide bonds. The summed E-state index contributed by atoms with van der Waals surface area (Å²) in [5, 5.41) is 2.51. The Morgan fingerprint density at radius 2 is 2.16 bits per heavy atom. The smallest absolute Gasteiger partial charge is 0.286 e. The predicted octanol–water partition coefficient (Wildman–Crippen LogP) is 2.82. The average Bonchev–Trinajstić information content (AvgIpc) is 3.25. The molecule has 0 aliphatic carbocycles. The van der Waals surface area contributed by atoms with Crippen molar-refractivity contribution in [3.8, 4) is 10.8 Å². The summed E-state index contributed by atoms with van der Waals surface area (Å²) < 4.78 is 7.96. The maximum atomic E-state index is 12.0. The average molecular weight is 423 g/mol. The molecular formula is C16H15BrN4O3S. The van der Waals surface area contributed by atoms with E-state index in [9.17, 15) is 9.59 Å². The van der Waals surface area contributed by atoms with Gasteiger partial charge in [-0.2, -0.15) is 0 Å². The summed E-state index contributed by atoms with van der Waals surface area (Å²) in [6, 6.07) is 5.37. The van der Waals surface area contributed by atoms with Crippen LogP contribution in [-0.4, -0.2) is 21.4 Å². The van der Waals surface area contributed by atoms with E-state index in [1.807, 2.05) is 19.1 Å². The number of rotatable bonds is 4. The highest BCUT2D eigenvalue weighted by atomic mass is 79.9. The zero-order valence-electron chi connectivity index (χ0n) is 13.5. The molecule has 0 atom stereocenters. The Morgan fingerprint density at radius 1 is 1.36 bits per heavy atom. The third-order valence-corrected chi connectivity index (χ3v) is 4.70. The van der Waals surface area contributed by atoms with Gasteiger partial charge in [-0.05, 0) is 41.1 Å². The van der Waals surface area contributed by atoms with Crippen molar-refractivity contribution in [2.45, 2.75) is 13.3 Å². The van der Waals surface area contributed by atoms with Crippen molar-refractivity contribution in [3.63, 3.8) is 0 Å². The lowest BCUT2D eigenvalue weighted by Crippen LogP contribution is -2.43. The molecule has 0 fully saturated rings. The zero-order valence-corrected chi connectivity index (χ0v) is 15.9. The number of aromatic nitrogens is 2. The summed E-state index contributed by atoms with van der Waals surface area (Å²) in [5.74, 6) is 0.733. The van der Waals surface area contributed by atoms with Gasteiger partial charge in [0.2, 0.25) is 5.91 Å². The molecule has 0 aliphatic heterocycles. The van der Waals surface area contributed by atoms with Crippen molar-refractivity contribution in [2.24, 2.45) is 7.05 Å². The molecule has 130 valence electrons. The Kier molecular flexibility index (Phi) is 5.05. The predicted molar refractivity (Wildman–Crippen MR) is 97.0 cm³/mol. The van der Waals surface area contributed by atoms with Crippen molar-refractivity contribution in [3.05, 3.63) is 51.4 Å². The number of nitrogens with one attached hydrogen (secondary N) is 2. The van der Waals surface area contributed by atoms with Gasteiger partial charge in [-0.1, -0.05) is 0 Å². The number of amides is 2. The molecule has 0 unspecified atom stereocenters. The fourth-order valence-electron chi connectivity index (χ4n) is 2.20. The van der Waals surface area contributed by atoms with Gasteiger partial charge in [0.15, 0.2) is 10.8 Å². The van der Waals surface area contributed by atoms with Gasteiger partial charge < -0.3 is 8.98 Å². The molecule has 0 bridgehead atoms. The van der Waals surface area contributed by atoms with Gasteiger partial charge in [-0.15, -0.1) is 11.3 Å². The van der Waals surface area contributed by atoms with E-state index in [0.717, 1.165) is 10.2 Å². The number of aryl methyl sites for hydroxylation is 2. The SMILES string of the molecule is Cc1ccc(-c2nc(CC(=O)NNC(=O)c3cc(Br)cn3C)cs2)o1. The Balaban J connectivity index is 1.55. The minimum Gasteiger partial charge on any atom is -0.459 e. The van der Waals surface area contributed by atoms with Crippen LogP contribution in [-0.2, 0) is 18.3 Å². The molecule has 0 saturated carbocycles. The fourth-order valence-corrected chi connectivity index (χ4v) is 3.50. The van der Waals surface area contributed by atoms with E-state index in [2.05, 4.69) is 31.8 Å². The van der Waals surface area contributed by atoms with Crippen molar-refractivity contribution < 1.29 is 14.0 Å². The first kappa shape index (κ1) is 17.4. The van der Waals surface area contributed by atoms with E-state index in [0.29, 0.717) is 22.2 Å². The van der Waals surface area contributed by atoms with E-state index in [4.69, 9.17) is 4.42 Å². The number of furan rings is 1. The lowest BCUT2D eigenvalue weighted by atomic mass is 10.3. The number of thiazole rings is 1. The molecular weight excluding hydrogens is 408 g/mol. The number of carbonyl (C=O) groups excluding carboxylic acids is 2. The van der Waals surface area contributed by atoms with Crippen LogP contribution in [0.2, 0.25) is 0 Å². The summed E-state index contributed by atoms with van der Waals surface area (Å²) in [6.45, 7) is 1.86. The molecule has 0 saturated heterocycles. The summed E-state index contributed by atoms with van der Waals surface area (Å²) in [7, 11) is 1.74. The molecule has 0 radical (unpaired) electrons. The number of hydrazine groups is 1. The van der Waals surface area contributed by atoms with Crippen LogP contribution < -0.4 is 10.9 Å². The van der Waals surface area contributed by atoms with E-state index in [1.165, 1.54) is 11.3 Å². The van der Waals surface area contributed by atoms with Crippen LogP contribution in [0.3, 0.4) is 0 Å². The van der Waals surface area contributed by atoms with Gasteiger partial charge in [0.25, 0.3) is 5.91 Å². The molecule has 0 spiro atoms. The Labute approximate surface area is 156 Å². The van der Waals surface area contributed by atoms with Crippen LogP contribution in [0.15, 0.2) is 38.7 Å². The summed E-state index contributed by atoms with van der Waals surface area (Å²) >= 11 is 4.70. The fraction of sp³-hybridized carbons (Fsp3) is 0.188. The minimum absolute atomic E-state index is 0.0628. The molecule has 3 aromatic rings. The second kappa shape index (κ2) is 7.24. The molecule has 7 nitrogen and oxygen atoms in total. The van der Waals surface area contributed by atoms with Crippen molar-refractivity contribution >= 4 is 39.1 Å². The number of hydrogen-bond acceptors (Lipinski definition) is 5. The lowest BCUT2D eigenvalue weighted by Gasteiger charge is -2.07. The molecule has 3 rings (SSSR count). The normalized spacial score (nSPS) is 10.7. The quantitative estimate of drug-likeness (QED) is 0.632. The van der Waals surface area contributed by atoms with Crippen LogP contribution in [0.5, 0.6) is 0 Å². The van der Waals surface area contributed by atoms with Crippen LogP contribution in [0.25, 0.3) is 10.8 Å². The Hall–Kier alpha value is -2.39. The second-order valence-corrected chi connectivity index (χ2v) is 7.16. The topological polar surface area (TPSA) is 89.2 Å². The van der Waals surface area contributed by atoms with Crippen molar-refractivity contribution in [1.29, 1.82) is 0 Å². The first-order valence-corrected chi connectivity index (χ1v) is 9.02. The first-order valence-electron chi connectivity index (χ1n) is 7.34.